The lowest BCUT2D eigenvalue weighted by Crippen LogP contribution is -2.47. The lowest BCUT2D eigenvalue weighted by atomic mass is 10.1. The summed E-state index contributed by atoms with van der Waals surface area (Å²) in [5.74, 6) is 2.68. The molecule has 5 heterocycles. The predicted octanol–water partition coefficient (Wildman–Crippen LogP) is 1.77. The van der Waals surface area contributed by atoms with E-state index in [4.69, 9.17) is 9.97 Å². The minimum Gasteiger partial charge on any atom is -0.387 e. The fraction of sp³-hybridized carbons (Fsp3) is 0.560. The lowest BCUT2D eigenvalue weighted by molar-refractivity contribution is 0.194. The zero-order chi connectivity index (χ0) is 26.7. The molecule has 2 N–H and O–H groups in total. The summed E-state index contributed by atoms with van der Waals surface area (Å²) in [5.41, 5.74) is 1.35. The Hall–Kier alpha value is -3.16. The molecule has 1 atom stereocenters. The van der Waals surface area contributed by atoms with Crippen LogP contribution in [0.25, 0.3) is 10.9 Å². The zero-order valence-corrected chi connectivity index (χ0v) is 22.7. The molecule has 5 rings (SSSR count). The van der Waals surface area contributed by atoms with E-state index in [1.54, 1.807) is 13.1 Å². The Morgan fingerprint density at radius 3 is 2.42 bits per heavy atom. The van der Waals surface area contributed by atoms with Crippen LogP contribution < -0.4 is 15.1 Å². The number of sulfone groups is 1. The molecule has 13 heteroatoms. The molecule has 0 spiro atoms. The normalized spacial score (nSPS) is 18.1. The van der Waals surface area contributed by atoms with Crippen molar-refractivity contribution in [3.05, 3.63) is 30.1 Å². The maximum absolute atomic E-state index is 11.4. The van der Waals surface area contributed by atoms with Gasteiger partial charge in [0.1, 0.15) is 15.4 Å². The van der Waals surface area contributed by atoms with Gasteiger partial charge in [-0.1, -0.05) is 0 Å². The Kier molecular flexibility index (Phi) is 7.86. The first kappa shape index (κ1) is 26.4. The number of aliphatic hydroxyl groups excluding tert-OH is 1. The fourth-order valence-corrected chi connectivity index (χ4v) is 5.40. The molecular formula is C25H35N9O3S. The minimum atomic E-state index is -2.96. The van der Waals surface area contributed by atoms with Gasteiger partial charge < -0.3 is 20.2 Å². The van der Waals surface area contributed by atoms with Crippen LogP contribution in [0.1, 0.15) is 38.0 Å². The highest BCUT2D eigenvalue weighted by atomic mass is 32.2. The van der Waals surface area contributed by atoms with Crippen molar-refractivity contribution in [1.29, 1.82) is 0 Å². The Morgan fingerprint density at radius 1 is 1.00 bits per heavy atom. The van der Waals surface area contributed by atoms with Gasteiger partial charge in [-0.05, 0) is 44.4 Å². The number of rotatable bonds is 8. The zero-order valence-electron chi connectivity index (χ0n) is 21.9. The van der Waals surface area contributed by atoms with Gasteiger partial charge in [-0.3, -0.25) is 4.90 Å². The summed E-state index contributed by atoms with van der Waals surface area (Å²) < 4.78 is 22.9. The third-order valence-electron chi connectivity index (χ3n) is 7.02. The second-order valence-corrected chi connectivity index (χ2v) is 12.3. The van der Waals surface area contributed by atoms with Crippen molar-refractivity contribution in [2.45, 2.75) is 32.3 Å². The number of pyridine rings is 1. The van der Waals surface area contributed by atoms with Crippen molar-refractivity contribution in [3.8, 4) is 0 Å². The minimum absolute atomic E-state index is 0.182. The molecule has 0 aromatic carbocycles. The van der Waals surface area contributed by atoms with Crippen LogP contribution in [-0.2, 0) is 9.84 Å². The van der Waals surface area contributed by atoms with E-state index in [-0.39, 0.29) is 5.75 Å². The van der Waals surface area contributed by atoms with E-state index in [2.05, 4.69) is 35.2 Å². The van der Waals surface area contributed by atoms with E-state index < -0.39 is 15.9 Å². The Morgan fingerprint density at radius 2 is 1.76 bits per heavy atom. The van der Waals surface area contributed by atoms with Gasteiger partial charge in [0, 0.05) is 63.7 Å². The fourth-order valence-electron chi connectivity index (χ4n) is 4.81. The van der Waals surface area contributed by atoms with Crippen LogP contribution >= 0.6 is 0 Å². The van der Waals surface area contributed by atoms with Crippen LogP contribution in [-0.4, -0.2) is 101 Å². The average Bonchev–Trinajstić information content (AvgIpc) is 2.92. The number of nitrogens with one attached hydrogen (secondary N) is 1. The number of hydrogen-bond acceptors (Lipinski definition) is 12. The van der Waals surface area contributed by atoms with E-state index in [9.17, 15) is 13.5 Å². The summed E-state index contributed by atoms with van der Waals surface area (Å²) in [6.45, 7) is 7.20. The highest BCUT2D eigenvalue weighted by Gasteiger charge is 2.21. The summed E-state index contributed by atoms with van der Waals surface area (Å²) >= 11 is 0. The molecule has 0 bridgehead atoms. The standard InChI is InChI=1S/C25H35N9O3S/c1-18(35)20-16-19-17-26-25(29-23(19)24(27-20)34-8-4-3-5-9-34)28-21-6-7-22(31-30-21)33-12-10-32(11-13-33)14-15-38(2,36)37/h6-7,16-18,35H,3-5,8-15H2,1-2H3,(H,26,28,29,30). The van der Waals surface area contributed by atoms with Crippen molar-refractivity contribution < 1.29 is 13.5 Å². The van der Waals surface area contributed by atoms with Gasteiger partial charge in [0.2, 0.25) is 5.95 Å². The maximum Gasteiger partial charge on any atom is 0.229 e. The lowest BCUT2D eigenvalue weighted by Gasteiger charge is -2.35. The number of hydrogen-bond donors (Lipinski definition) is 2. The predicted molar refractivity (Wildman–Crippen MR) is 148 cm³/mol. The number of nitrogens with zero attached hydrogens (tertiary/aromatic N) is 8. The monoisotopic (exact) mass is 541 g/mol. The van der Waals surface area contributed by atoms with E-state index in [1.807, 2.05) is 18.2 Å². The number of aromatic nitrogens is 5. The van der Waals surface area contributed by atoms with E-state index in [1.165, 1.54) is 12.7 Å². The van der Waals surface area contributed by atoms with Crippen molar-refractivity contribution in [1.82, 2.24) is 30.0 Å². The highest BCUT2D eigenvalue weighted by molar-refractivity contribution is 7.90. The molecule has 3 aromatic heterocycles. The Labute approximate surface area is 223 Å². The van der Waals surface area contributed by atoms with Crippen LogP contribution in [0.5, 0.6) is 0 Å². The molecule has 1 unspecified atom stereocenters. The first-order valence-electron chi connectivity index (χ1n) is 13.1. The number of piperidine rings is 1. The third-order valence-corrected chi connectivity index (χ3v) is 7.94. The Balaban J connectivity index is 1.28. The van der Waals surface area contributed by atoms with Crippen molar-refractivity contribution >= 4 is 44.1 Å². The van der Waals surface area contributed by atoms with Gasteiger partial charge in [-0.15, -0.1) is 10.2 Å². The molecule has 38 heavy (non-hydrogen) atoms. The van der Waals surface area contributed by atoms with Crippen molar-refractivity contribution in [2.24, 2.45) is 0 Å². The molecule has 12 nitrogen and oxygen atoms in total. The van der Waals surface area contributed by atoms with E-state index in [0.29, 0.717) is 24.0 Å². The summed E-state index contributed by atoms with van der Waals surface area (Å²) in [6.07, 6.45) is 5.77. The molecule has 2 fully saturated rings. The van der Waals surface area contributed by atoms with E-state index in [0.717, 1.165) is 74.6 Å². The molecule has 2 saturated heterocycles. The molecule has 0 saturated carbocycles. The molecule has 0 radical (unpaired) electrons. The number of aliphatic hydroxyl groups is 1. The molecule has 3 aromatic rings. The first-order valence-corrected chi connectivity index (χ1v) is 15.2. The summed E-state index contributed by atoms with van der Waals surface area (Å²) in [6, 6.07) is 5.61. The molecule has 0 amide bonds. The second kappa shape index (κ2) is 11.3. The average molecular weight is 542 g/mol. The summed E-state index contributed by atoms with van der Waals surface area (Å²) in [7, 11) is -2.96. The van der Waals surface area contributed by atoms with Gasteiger partial charge in [-0.2, -0.15) is 0 Å². The summed E-state index contributed by atoms with van der Waals surface area (Å²) in [5, 5.41) is 22.9. The van der Waals surface area contributed by atoms with Crippen LogP contribution in [0, 0.1) is 0 Å². The SMILES string of the molecule is CC(O)c1cc2cnc(Nc3ccc(N4CCN(CCS(C)(=O)=O)CC4)nn3)nc2c(N2CCCCC2)n1. The van der Waals surface area contributed by atoms with Gasteiger partial charge in [0.15, 0.2) is 17.5 Å². The quantitative estimate of drug-likeness (QED) is 0.429. The highest BCUT2D eigenvalue weighted by Crippen LogP contribution is 2.29. The molecule has 2 aliphatic rings. The molecular weight excluding hydrogens is 506 g/mol. The first-order chi connectivity index (χ1) is 18.2. The third kappa shape index (κ3) is 6.45. The van der Waals surface area contributed by atoms with Crippen LogP contribution in [0.3, 0.4) is 0 Å². The van der Waals surface area contributed by atoms with E-state index >= 15 is 0 Å². The smallest absolute Gasteiger partial charge is 0.229 e. The topological polar surface area (TPSA) is 141 Å². The van der Waals surface area contributed by atoms with Crippen molar-refractivity contribution in [3.63, 3.8) is 0 Å². The molecule has 2 aliphatic heterocycles. The van der Waals surface area contributed by atoms with Gasteiger partial charge in [0.05, 0.1) is 17.6 Å². The maximum atomic E-state index is 11.4. The number of fused-ring (bicyclic) bond motifs is 1. The van der Waals surface area contributed by atoms with Crippen LogP contribution in [0.2, 0.25) is 0 Å². The van der Waals surface area contributed by atoms with Gasteiger partial charge in [-0.25, -0.2) is 23.4 Å². The summed E-state index contributed by atoms with van der Waals surface area (Å²) in [4.78, 5) is 20.5. The van der Waals surface area contributed by atoms with Gasteiger partial charge in [0.25, 0.3) is 0 Å². The van der Waals surface area contributed by atoms with Crippen molar-refractivity contribution in [2.75, 3.05) is 72.9 Å². The van der Waals surface area contributed by atoms with Gasteiger partial charge >= 0.3 is 0 Å². The van der Waals surface area contributed by atoms with Crippen LogP contribution in [0.4, 0.5) is 23.4 Å². The largest absolute Gasteiger partial charge is 0.387 e. The van der Waals surface area contributed by atoms with Crippen LogP contribution in [0.15, 0.2) is 24.4 Å². The second-order valence-electron chi connectivity index (χ2n) is 10.1. The molecule has 0 aliphatic carbocycles. The Bertz CT molecular complexity index is 1350. The number of anilines is 4. The number of piperazine rings is 1. The molecule has 204 valence electrons.